The Bertz CT molecular complexity index is 509. The first-order valence-electron chi connectivity index (χ1n) is 7.00. The maximum absolute atomic E-state index is 11.8. The van der Waals surface area contributed by atoms with Crippen LogP contribution in [0.1, 0.15) is 27.2 Å². The molecule has 0 fully saturated rings. The minimum atomic E-state index is -1.20. The maximum Gasteiger partial charge on any atom is 0.326 e. The monoisotopic (exact) mass is 291 g/mol. The van der Waals surface area contributed by atoms with Gasteiger partial charge in [0.1, 0.15) is 0 Å². The van der Waals surface area contributed by atoms with Crippen molar-refractivity contribution in [2.24, 2.45) is 5.41 Å². The van der Waals surface area contributed by atoms with E-state index >= 15 is 0 Å². The zero-order valence-corrected chi connectivity index (χ0v) is 12.7. The number of rotatable bonds is 8. The molecule has 0 radical (unpaired) electrons. The van der Waals surface area contributed by atoms with Crippen LogP contribution in [0.15, 0.2) is 24.3 Å². The number of nitrogens with zero attached hydrogens (tertiary/aromatic N) is 1. The van der Waals surface area contributed by atoms with Gasteiger partial charge in [0, 0.05) is 6.42 Å². The molecule has 21 heavy (non-hydrogen) atoms. The molecular formula is C16H21NO4. The van der Waals surface area contributed by atoms with E-state index in [1.165, 1.54) is 0 Å². The summed E-state index contributed by atoms with van der Waals surface area (Å²) < 4.78 is 16.0. The molecule has 0 aliphatic rings. The highest BCUT2D eigenvalue weighted by Crippen LogP contribution is 2.28. The minimum absolute atomic E-state index is 0.229. The Morgan fingerprint density at radius 3 is 2.33 bits per heavy atom. The van der Waals surface area contributed by atoms with Gasteiger partial charge in [-0.15, -0.1) is 0 Å². The number of ether oxygens (including phenoxy) is 3. The van der Waals surface area contributed by atoms with E-state index in [1.807, 2.05) is 31.2 Å². The molecule has 5 nitrogen and oxygen atoms in total. The molecular weight excluding hydrogens is 270 g/mol. The lowest BCUT2D eigenvalue weighted by molar-refractivity contribution is -0.151. The van der Waals surface area contributed by atoms with E-state index in [0.717, 1.165) is 0 Å². The van der Waals surface area contributed by atoms with Crippen molar-refractivity contribution in [2.45, 2.75) is 27.2 Å². The normalized spacial score (nSPS) is 12.9. The second kappa shape index (κ2) is 8.15. The number of hydrogen-bond acceptors (Lipinski definition) is 5. The molecule has 0 aliphatic heterocycles. The Hall–Kier alpha value is -2.22. The maximum atomic E-state index is 11.8. The molecule has 0 bridgehead atoms. The third-order valence-corrected chi connectivity index (χ3v) is 2.98. The lowest BCUT2D eigenvalue weighted by Gasteiger charge is -2.20. The Morgan fingerprint density at radius 1 is 1.19 bits per heavy atom. The Balaban J connectivity index is 2.64. The molecule has 1 atom stereocenters. The van der Waals surface area contributed by atoms with Crippen molar-refractivity contribution in [2.75, 3.05) is 19.8 Å². The zero-order chi connectivity index (χ0) is 15.7. The van der Waals surface area contributed by atoms with Crippen molar-refractivity contribution in [3.8, 4) is 17.6 Å². The highest BCUT2D eigenvalue weighted by Gasteiger charge is 2.35. The summed E-state index contributed by atoms with van der Waals surface area (Å²) in [6, 6.07) is 9.30. The van der Waals surface area contributed by atoms with Crippen molar-refractivity contribution in [1.82, 2.24) is 0 Å². The average molecular weight is 291 g/mol. The molecule has 114 valence electrons. The van der Waals surface area contributed by atoms with Gasteiger partial charge in [-0.25, -0.2) is 0 Å². The van der Waals surface area contributed by atoms with Crippen LogP contribution < -0.4 is 9.47 Å². The molecule has 1 aromatic carbocycles. The lowest BCUT2D eigenvalue weighted by Crippen LogP contribution is -2.30. The molecule has 1 aromatic rings. The molecule has 1 unspecified atom stereocenters. The van der Waals surface area contributed by atoms with Gasteiger partial charge in [-0.2, -0.15) is 5.26 Å². The van der Waals surface area contributed by atoms with E-state index in [4.69, 9.17) is 14.2 Å². The van der Waals surface area contributed by atoms with E-state index in [-0.39, 0.29) is 19.6 Å². The van der Waals surface area contributed by atoms with Crippen molar-refractivity contribution in [3.05, 3.63) is 24.3 Å². The van der Waals surface area contributed by atoms with Gasteiger partial charge in [0.2, 0.25) is 0 Å². The van der Waals surface area contributed by atoms with Gasteiger partial charge in [-0.05, 0) is 32.9 Å². The summed E-state index contributed by atoms with van der Waals surface area (Å²) in [7, 11) is 0. The summed E-state index contributed by atoms with van der Waals surface area (Å²) in [4.78, 5) is 11.8. The molecule has 0 heterocycles. The van der Waals surface area contributed by atoms with Gasteiger partial charge in [-0.1, -0.05) is 12.1 Å². The second-order valence-corrected chi connectivity index (χ2v) is 4.64. The topological polar surface area (TPSA) is 68.6 Å². The zero-order valence-electron chi connectivity index (χ0n) is 12.7. The Labute approximate surface area is 125 Å². The first-order chi connectivity index (χ1) is 10.1. The molecule has 5 heteroatoms. The highest BCUT2D eigenvalue weighted by atomic mass is 16.5. The number of hydrogen-bond donors (Lipinski definition) is 0. The van der Waals surface area contributed by atoms with Gasteiger partial charge >= 0.3 is 5.97 Å². The number of benzene rings is 1. The van der Waals surface area contributed by atoms with Crippen LogP contribution in [0.2, 0.25) is 0 Å². The number of para-hydroxylation sites is 2. The van der Waals surface area contributed by atoms with Crippen LogP contribution in [0, 0.1) is 16.7 Å². The molecule has 1 rings (SSSR count). The second-order valence-electron chi connectivity index (χ2n) is 4.64. The quantitative estimate of drug-likeness (QED) is 0.689. The van der Waals surface area contributed by atoms with Crippen LogP contribution in [0.4, 0.5) is 0 Å². The molecule has 0 aromatic heterocycles. The molecule has 0 amide bonds. The highest BCUT2D eigenvalue weighted by molar-refractivity contribution is 5.79. The largest absolute Gasteiger partial charge is 0.490 e. The van der Waals surface area contributed by atoms with Crippen molar-refractivity contribution < 1.29 is 19.0 Å². The number of carbonyl (C=O) groups is 1. The van der Waals surface area contributed by atoms with Crippen LogP contribution in [-0.4, -0.2) is 25.8 Å². The van der Waals surface area contributed by atoms with Crippen LogP contribution in [0.25, 0.3) is 0 Å². The number of nitriles is 1. The van der Waals surface area contributed by atoms with E-state index in [9.17, 15) is 10.1 Å². The van der Waals surface area contributed by atoms with E-state index in [0.29, 0.717) is 18.1 Å². The minimum Gasteiger partial charge on any atom is -0.490 e. The van der Waals surface area contributed by atoms with Gasteiger partial charge in [0.15, 0.2) is 16.9 Å². The summed E-state index contributed by atoms with van der Waals surface area (Å²) in [5.41, 5.74) is -1.20. The standard InChI is InChI=1S/C16H21NO4/c1-4-19-13-8-6-7-9-14(13)21-11-10-16(3,12-17)15(18)20-5-2/h6-9H,4-5,10-11H2,1-3H3. The average Bonchev–Trinajstić information content (AvgIpc) is 2.49. The predicted octanol–water partition coefficient (Wildman–Crippen LogP) is 2.95. The fourth-order valence-corrected chi connectivity index (χ4v) is 1.70. The number of carbonyl (C=O) groups excluding carboxylic acids is 1. The third kappa shape index (κ3) is 4.67. The van der Waals surface area contributed by atoms with Gasteiger partial charge in [-0.3, -0.25) is 4.79 Å². The Morgan fingerprint density at radius 2 is 1.81 bits per heavy atom. The van der Waals surface area contributed by atoms with Crippen LogP contribution >= 0.6 is 0 Å². The SMILES string of the molecule is CCOC(=O)C(C)(C#N)CCOc1ccccc1OCC. The third-order valence-electron chi connectivity index (χ3n) is 2.98. The summed E-state index contributed by atoms with van der Waals surface area (Å²) in [5, 5.41) is 9.19. The molecule has 0 aliphatic carbocycles. The van der Waals surface area contributed by atoms with Crippen molar-refractivity contribution in [3.63, 3.8) is 0 Å². The molecule has 0 saturated carbocycles. The van der Waals surface area contributed by atoms with Gasteiger partial charge in [0.05, 0.1) is 25.9 Å². The van der Waals surface area contributed by atoms with E-state index in [1.54, 1.807) is 19.9 Å². The summed E-state index contributed by atoms with van der Waals surface area (Å²) in [6.45, 7) is 6.19. The van der Waals surface area contributed by atoms with Crippen molar-refractivity contribution >= 4 is 5.97 Å². The molecule has 0 N–H and O–H groups in total. The van der Waals surface area contributed by atoms with E-state index in [2.05, 4.69) is 0 Å². The van der Waals surface area contributed by atoms with Crippen molar-refractivity contribution in [1.29, 1.82) is 5.26 Å². The van der Waals surface area contributed by atoms with Crippen LogP contribution in [0.5, 0.6) is 11.5 Å². The van der Waals surface area contributed by atoms with Gasteiger partial charge in [0.25, 0.3) is 0 Å². The first kappa shape index (κ1) is 16.8. The Kier molecular flexibility index (Phi) is 6.54. The fourth-order valence-electron chi connectivity index (χ4n) is 1.70. The molecule has 0 spiro atoms. The lowest BCUT2D eigenvalue weighted by atomic mass is 9.89. The summed E-state index contributed by atoms with van der Waals surface area (Å²) >= 11 is 0. The summed E-state index contributed by atoms with van der Waals surface area (Å²) in [6.07, 6.45) is 0.253. The van der Waals surface area contributed by atoms with E-state index < -0.39 is 11.4 Å². The van der Waals surface area contributed by atoms with Crippen LogP contribution in [-0.2, 0) is 9.53 Å². The number of esters is 1. The molecule has 0 saturated heterocycles. The van der Waals surface area contributed by atoms with Crippen LogP contribution in [0.3, 0.4) is 0 Å². The van der Waals surface area contributed by atoms with Gasteiger partial charge < -0.3 is 14.2 Å². The first-order valence-corrected chi connectivity index (χ1v) is 7.00. The predicted molar refractivity (Wildman–Crippen MR) is 78.1 cm³/mol. The summed E-state index contributed by atoms with van der Waals surface area (Å²) in [5.74, 6) is 0.729. The fraction of sp³-hybridized carbons (Fsp3) is 0.500. The smallest absolute Gasteiger partial charge is 0.326 e.